The molecule has 0 bridgehead atoms. The fourth-order valence-corrected chi connectivity index (χ4v) is 2.09. The van der Waals surface area contributed by atoms with Crippen LogP contribution in [0.5, 0.6) is 5.75 Å². The molecule has 0 radical (unpaired) electrons. The third kappa shape index (κ3) is 2.66. The fourth-order valence-electron chi connectivity index (χ4n) is 1.88. The van der Waals surface area contributed by atoms with Crippen molar-refractivity contribution < 1.29 is 9.13 Å². The normalized spacial score (nSPS) is 10.5. The van der Waals surface area contributed by atoms with E-state index in [1.807, 2.05) is 13.8 Å². The first-order valence-corrected chi connectivity index (χ1v) is 6.41. The van der Waals surface area contributed by atoms with Crippen LogP contribution < -0.4 is 4.74 Å². The minimum atomic E-state index is -0.396. The summed E-state index contributed by atoms with van der Waals surface area (Å²) in [5.41, 5.74) is 2.77. The third-order valence-corrected chi connectivity index (χ3v) is 3.43. The van der Waals surface area contributed by atoms with Crippen molar-refractivity contribution in [2.24, 2.45) is 0 Å². The van der Waals surface area contributed by atoms with Crippen molar-refractivity contribution in [2.75, 3.05) is 7.11 Å². The predicted octanol–water partition coefficient (Wildman–Crippen LogP) is 3.82. The minimum Gasteiger partial charge on any atom is -0.494 e. The van der Waals surface area contributed by atoms with Crippen LogP contribution in [0.4, 0.5) is 4.39 Å². The van der Waals surface area contributed by atoms with E-state index in [4.69, 9.17) is 17.0 Å². The van der Waals surface area contributed by atoms with Gasteiger partial charge < -0.3 is 9.72 Å². The number of hydrogen-bond acceptors (Lipinski definition) is 3. The van der Waals surface area contributed by atoms with E-state index in [9.17, 15) is 4.39 Å². The third-order valence-electron chi connectivity index (χ3n) is 3.03. The molecule has 19 heavy (non-hydrogen) atoms. The molecule has 0 atom stereocenters. The van der Waals surface area contributed by atoms with Crippen LogP contribution in [-0.2, 0) is 6.42 Å². The number of nitrogens with one attached hydrogen (secondary N) is 1. The molecule has 0 spiro atoms. The van der Waals surface area contributed by atoms with Gasteiger partial charge in [0.25, 0.3) is 0 Å². The number of nitrogens with zero attached hydrogens (tertiary/aromatic N) is 1. The summed E-state index contributed by atoms with van der Waals surface area (Å²) in [6, 6.07) is 4.62. The molecule has 0 fully saturated rings. The SMILES string of the molecule is CCc1[nH]c(-c2ccc(F)c(OC)c2)nc(=S)c1C. The maximum absolute atomic E-state index is 13.4. The van der Waals surface area contributed by atoms with Crippen LogP contribution in [0.15, 0.2) is 18.2 Å². The van der Waals surface area contributed by atoms with Gasteiger partial charge >= 0.3 is 0 Å². The lowest BCUT2D eigenvalue weighted by atomic mass is 10.1. The van der Waals surface area contributed by atoms with E-state index in [0.717, 1.165) is 23.2 Å². The number of hydrogen-bond donors (Lipinski definition) is 1. The molecule has 1 heterocycles. The monoisotopic (exact) mass is 278 g/mol. The van der Waals surface area contributed by atoms with Crippen molar-refractivity contribution in [2.45, 2.75) is 20.3 Å². The summed E-state index contributed by atoms with van der Waals surface area (Å²) < 4.78 is 18.9. The first-order valence-electron chi connectivity index (χ1n) is 6.00. The van der Waals surface area contributed by atoms with Crippen molar-refractivity contribution in [1.82, 2.24) is 9.97 Å². The summed E-state index contributed by atoms with van der Waals surface area (Å²) in [5, 5.41) is 0. The molecule has 1 aromatic carbocycles. The lowest BCUT2D eigenvalue weighted by molar-refractivity contribution is 0.386. The Morgan fingerprint density at radius 3 is 2.79 bits per heavy atom. The Kier molecular flexibility index (Phi) is 3.95. The van der Waals surface area contributed by atoms with Gasteiger partial charge in [-0.2, -0.15) is 0 Å². The van der Waals surface area contributed by atoms with Crippen molar-refractivity contribution in [3.63, 3.8) is 0 Å². The molecule has 100 valence electrons. The summed E-state index contributed by atoms with van der Waals surface area (Å²) in [6.07, 6.45) is 0.837. The molecule has 0 aliphatic carbocycles. The molecule has 0 aliphatic heterocycles. The predicted molar refractivity (Wildman–Crippen MR) is 75.5 cm³/mol. The molecule has 0 saturated heterocycles. The summed E-state index contributed by atoms with van der Waals surface area (Å²) in [6.45, 7) is 3.99. The maximum atomic E-state index is 13.4. The number of benzene rings is 1. The Labute approximate surface area is 116 Å². The molecule has 0 aliphatic rings. The molecule has 0 amide bonds. The number of rotatable bonds is 3. The molecule has 0 saturated carbocycles. The number of aromatic amines is 1. The topological polar surface area (TPSA) is 37.9 Å². The molecule has 3 nitrogen and oxygen atoms in total. The van der Waals surface area contributed by atoms with E-state index in [0.29, 0.717) is 10.5 Å². The summed E-state index contributed by atoms with van der Waals surface area (Å²) >= 11 is 5.25. The van der Waals surface area contributed by atoms with Gasteiger partial charge in [-0.05, 0) is 31.5 Å². The first kappa shape index (κ1) is 13.7. The lowest BCUT2D eigenvalue weighted by Crippen LogP contribution is -2.00. The van der Waals surface area contributed by atoms with Gasteiger partial charge in [0.15, 0.2) is 11.6 Å². The van der Waals surface area contributed by atoms with Crippen molar-refractivity contribution in [1.29, 1.82) is 0 Å². The number of aryl methyl sites for hydroxylation is 1. The Hall–Kier alpha value is -1.75. The second-order valence-corrected chi connectivity index (χ2v) is 4.58. The highest BCUT2D eigenvalue weighted by Crippen LogP contribution is 2.24. The molecule has 1 aromatic heterocycles. The molecule has 2 aromatic rings. The lowest BCUT2D eigenvalue weighted by Gasteiger charge is -2.09. The molecule has 0 unspecified atom stereocenters. The van der Waals surface area contributed by atoms with Crippen LogP contribution in [-0.4, -0.2) is 17.1 Å². The Morgan fingerprint density at radius 2 is 2.16 bits per heavy atom. The van der Waals surface area contributed by atoms with E-state index in [2.05, 4.69) is 9.97 Å². The van der Waals surface area contributed by atoms with E-state index in [1.54, 1.807) is 12.1 Å². The van der Waals surface area contributed by atoms with Crippen LogP contribution in [0, 0.1) is 17.4 Å². The van der Waals surface area contributed by atoms with E-state index < -0.39 is 5.82 Å². The average Bonchev–Trinajstić information content (AvgIpc) is 2.42. The molecule has 1 N–H and O–H groups in total. The highest BCUT2D eigenvalue weighted by atomic mass is 32.1. The molecule has 2 rings (SSSR count). The minimum absolute atomic E-state index is 0.192. The van der Waals surface area contributed by atoms with Crippen LogP contribution in [0.3, 0.4) is 0 Å². The number of ether oxygens (including phenoxy) is 1. The standard InChI is InChI=1S/C14H15FN2OS/c1-4-11-8(2)14(19)17-13(16-11)9-5-6-10(15)12(7-9)18-3/h5-7H,4H2,1-3H3,(H,16,17,19). The second-order valence-electron chi connectivity index (χ2n) is 4.20. The van der Waals surface area contributed by atoms with Crippen LogP contribution in [0.25, 0.3) is 11.4 Å². The van der Waals surface area contributed by atoms with Gasteiger partial charge in [-0.1, -0.05) is 19.1 Å². The summed E-state index contributed by atoms with van der Waals surface area (Å²) in [7, 11) is 1.43. The van der Waals surface area contributed by atoms with E-state index in [-0.39, 0.29) is 5.75 Å². The quantitative estimate of drug-likeness (QED) is 0.867. The highest BCUT2D eigenvalue weighted by molar-refractivity contribution is 7.71. The van der Waals surface area contributed by atoms with Gasteiger partial charge in [0, 0.05) is 16.8 Å². The second kappa shape index (κ2) is 5.48. The molecular formula is C14H15FN2OS. The van der Waals surface area contributed by atoms with Gasteiger partial charge in [-0.25, -0.2) is 9.37 Å². The van der Waals surface area contributed by atoms with Crippen LogP contribution in [0.2, 0.25) is 0 Å². The summed E-state index contributed by atoms with van der Waals surface area (Å²) in [5.74, 6) is 0.427. The van der Waals surface area contributed by atoms with Gasteiger partial charge in [0.2, 0.25) is 0 Å². The van der Waals surface area contributed by atoms with E-state index >= 15 is 0 Å². The summed E-state index contributed by atoms with van der Waals surface area (Å²) in [4.78, 5) is 7.57. The van der Waals surface area contributed by atoms with Gasteiger partial charge in [0.05, 0.1) is 7.11 Å². The van der Waals surface area contributed by atoms with Crippen molar-refractivity contribution >= 4 is 12.2 Å². The number of methoxy groups -OCH3 is 1. The van der Waals surface area contributed by atoms with Gasteiger partial charge in [0.1, 0.15) is 10.5 Å². The zero-order chi connectivity index (χ0) is 14.0. The van der Waals surface area contributed by atoms with Crippen molar-refractivity contribution in [3.8, 4) is 17.1 Å². The average molecular weight is 278 g/mol. The van der Waals surface area contributed by atoms with Crippen molar-refractivity contribution in [3.05, 3.63) is 39.9 Å². The van der Waals surface area contributed by atoms with Crippen LogP contribution >= 0.6 is 12.2 Å². The first-order chi connectivity index (χ1) is 9.06. The number of halogens is 1. The van der Waals surface area contributed by atoms with Gasteiger partial charge in [-0.3, -0.25) is 0 Å². The molecule has 5 heteroatoms. The fraction of sp³-hybridized carbons (Fsp3) is 0.286. The Morgan fingerprint density at radius 1 is 1.42 bits per heavy atom. The smallest absolute Gasteiger partial charge is 0.165 e. The largest absolute Gasteiger partial charge is 0.494 e. The number of H-pyrrole nitrogens is 1. The maximum Gasteiger partial charge on any atom is 0.165 e. The highest BCUT2D eigenvalue weighted by Gasteiger charge is 2.09. The van der Waals surface area contributed by atoms with E-state index in [1.165, 1.54) is 13.2 Å². The zero-order valence-electron chi connectivity index (χ0n) is 11.1. The Bertz CT molecular complexity index is 667. The number of aromatic nitrogens is 2. The molecular weight excluding hydrogens is 263 g/mol. The van der Waals surface area contributed by atoms with Crippen LogP contribution in [0.1, 0.15) is 18.2 Å². The van der Waals surface area contributed by atoms with Gasteiger partial charge in [-0.15, -0.1) is 0 Å². The Balaban J connectivity index is 2.59. The zero-order valence-corrected chi connectivity index (χ0v) is 11.9.